The third-order valence-corrected chi connectivity index (χ3v) is 3.48. The normalized spacial score (nSPS) is 14.6. The number of alkyl halides is 1. The average molecular weight is 300 g/mol. The average Bonchev–Trinajstić information content (AvgIpc) is 2.51. The Bertz CT molecular complexity index is 514. The molecule has 0 aliphatic carbocycles. The molecule has 102 valence electrons. The topological polar surface area (TPSA) is 29.5 Å². The van der Waals surface area contributed by atoms with Crippen LogP contribution in [0.15, 0.2) is 29.6 Å². The third-order valence-electron chi connectivity index (χ3n) is 2.92. The SMILES string of the molecule is Cc1ccc2c(c1)C(=O)N(CCCCCl)C(Cl)=CO2. The van der Waals surface area contributed by atoms with Crippen molar-refractivity contribution < 1.29 is 9.53 Å². The Kier molecular flexibility index (Phi) is 4.72. The lowest BCUT2D eigenvalue weighted by Crippen LogP contribution is -2.29. The first-order chi connectivity index (χ1) is 9.13. The summed E-state index contributed by atoms with van der Waals surface area (Å²) in [5.41, 5.74) is 1.55. The maximum Gasteiger partial charge on any atom is 0.262 e. The molecule has 0 spiro atoms. The number of carbonyl (C=O) groups is 1. The molecule has 1 aromatic carbocycles. The first-order valence-electron chi connectivity index (χ1n) is 6.14. The molecule has 1 aliphatic heterocycles. The molecule has 1 aliphatic rings. The largest absolute Gasteiger partial charge is 0.461 e. The van der Waals surface area contributed by atoms with Gasteiger partial charge < -0.3 is 4.74 Å². The third kappa shape index (κ3) is 3.23. The van der Waals surface area contributed by atoms with Gasteiger partial charge in [0.25, 0.3) is 5.91 Å². The predicted octanol–water partition coefficient (Wildman–Crippen LogP) is 3.89. The Labute approximate surface area is 122 Å². The first-order valence-corrected chi connectivity index (χ1v) is 7.05. The van der Waals surface area contributed by atoms with Gasteiger partial charge in [0.05, 0.1) is 5.56 Å². The van der Waals surface area contributed by atoms with Crippen molar-refractivity contribution in [2.45, 2.75) is 19.8 Å². The zero-order valence-electron chi connectivity index (χ0n) is 10.7. The smallest absolute Gasteiger partial charge is 0.262 e. The summed E-state index contributed by atoms with van der Waals surface area (Å²) < 4.78 is 5.44. The monoisotopic (exact) mass is 299 g/mol. The van der Waals surface area contributed by atoms with E-state index in [0.717, 1.165) is 18.4 Å². The number of halogens is 2. The predicted molar refractivity (Wildman–Crippen MR) is 76.7 cm³/mol. The highest BCUT2D eigenvalue weighted by Gasteiger charge is 2.25. The fraction of sp³-hybridized carbons (Fsp3) is 0.357. The molecule has 0 saturated heterocycles. The van der Waals surface area contributed by atoms with Gasteiger partial charge in [-0.25, -0.2) is 0 Å². The number of carbonyl (C=O) groups excluding carboxylic acids is 1. The first kappa shape index (κ1) is 14.2. The van der Waals surface area contributed by atoms with Gasteiger partial charge in [-0.1, -0.05) is 23.2 Å². The summed E-state index contributed by atoms with van der Waals surface area (Å²) >= 11 is 11.7. The van der Waals surface area contributed by atoms with E-state index in [-0.39, 0.29) is 5.91 Å². The molecule has 3 nitrogen and oxygen atoms in total. The van der Waals surface area contributed by atoms with Crippen LogP contribution in [0.4, 0.5) is 0 Å². The van der Waals surface area contributed by atoms with E-state index in [2.05, 4.69) is 0 Å². The summed E-state index contributed by atoms with van der Waals surface area (Å²) in [5.74, 6) is 0.982. The highest BCUT2D eigenvalue weighted by Crippen LogP contribution is 2.28. The van der Waals surface area contributed by atoms with Crippen molar-refractivity contribution >= 4 is 29.1 Å². The van der Waals surface area contributed by atoms with Crippen molar-refractivity contribution in [1.82, 2.24) is 4.90 Å². The van der Waals surface area contributed by atoms with E-state index >= 15 is 0 Å². The molecule has 0 saturated carbocycles. The molecule has 5 heteroatoms. The van der Waals surface area contributed by atoms with Crippen molar-refractivity contribution in [1.29, 1.82) is 0 Å². The number of rotatable bonds is 4. The van der Waals surface area contributed by atoms with Crippen LogP contribution < -0.4 is 4.74 Å². The van der Waals surface area contributed by atoms with E-state index in [0.29, 0.717) is 28.9 Å². The Morgan fingerprint density at radius 2 is 2.11 bits per heavy atom. The summed E-state index contributed by atoms with van der Waals surface area (Å²) in [6.07, 6.45) is 3.05. The van der Waals surface area contributed by atoms with Gasteiger partial charge in [0.1, 0.15) is 17.2 Å². The number of nitrogens with zero attached hydrogens (tertiary/aromatic N) is 1. The van der Waals surface area contributed by atoms with E-state index in [1.165, 1.54) is 11.2 Å². The lowest BCUT2D eigenvalue weighted by atomic mass is 10.1. The van der Waals surface area contributed by atoms with E-state index in [9.17, 15) is 4.79 Å². The molecule has 0 N–H and O–H groups in total. The quantitative estimate of drug-likeness (QED) is 0.480. The molecule has 0 bridgehead atoms. The van der Waals surface area contributed by atoms with Crippen molar-refractivity contribution in [2.75, 3.05) is 12.4 Å². The van der Waals surface area contributed by atoms with Gasteiger partial charge >= 0.3 is 0 Å². The van der Waals surface area contributed by atoms with Gasteiger partial charge in [0, 0.05) is 12.4 Å². The standard InChI is InChI=1S/C14H15Cl2NO2/c1-10-4-5-12-11(8-10)14(18)17(7-3-2-6-15)13(16)9-19-12/h4-5,8-9H,2-3,6-7H2,1H3. The van der Waals surface area contributed by atoms with E-state index in [4.69, 9.17) is 27.9 Å². The molecular weight excluding hydrogens is 285 g/mol. The summed E-state index contributed by atoms with van der Waals surface area (Å²) in [6, 6.07) is 5.50. The van der Waals surface area contributed by atoms with E-state index in [1.807, 2.05) is 19.1 Å². The van der Waals surface area contributed by atoms with Gasteiger partial charge in [-0.15, -0.1) is 11.6 Å². The van der Waals surface area contributed by atoms with Crippen LogP contribution in [0.5, 0.6) is 5.75 Å². The van der Waals surface area contributed by atoms with Gasteiger partial charge in [0.2, 0.25) is 0 Å². The zero-order valence-corrected chi connectivity index (χ0v) is 12.2. The van der Waals surface area contributed by atoms with Crippen LogP contribution in [0.1, 0.15) is 28.8 Å². The maximum absolute atomic E-state index is 12.5. The minimum absolute atomic E-state index is 0.132. The van der Waals surface area contributed by atoms with Crippen LogP contribution in [0, 0.1) is 6.92 Å². The molecule has 0 radical (unpaired) electrons. The minimum Gasteiger partial charge on any atom is -0.461 e. The van der Waals surface area contributed by atoms with Crippen LogP contribution in [0.25, 0.3) is 0 Å². The van der Waals surface area contributed by atoms with E-state index < -0.39 is 0 Å². The molecule has 0 fully saturated rings. The summed E-state index contributed by atoms with van der Waals surface area (Å²) in [7, 11) is 0. The molecule has 2 rings (SSSR count). The van der Waals surface area contributed by atoms with Crippen LogP contribution >= 0.6 is 23.2 Å². The maximum atomic E-state index is 12.5. The number of aryl methyl sites for hydroxylation is 1. The lowest BCUT2D eigenvalue weighted by Gasteiger charge is -2.19. The molecule has 0 atom stereocenters. The lowest BCUT2D eigenvalue weighted by molar-refractivity contribution is 0.0816. The van der Waals surface area contributed by atoms with Crippen LogP contribution in [-0.2, 0) is 0 Å². The molecule has 0 unspecified atom stereocenters. The Balaban J connectivity index is 2.27. The number of ether oxygens (including phenoxy) is 1. The number of unbranched alkanes of at least 4 members (excludes halogenated alkanes) is 1. The second-order valence-electron chi connectivity index (χ2n) is 4.41. The van der Waals surface area contributed by atoms with Gasteiger partial charge in [-0.3, -0.25) is 9.69 Å². The fourth-order valence-electron chi connectivity index (χ4n) is 1.90. The Morgan fingerprint density at radius 3 is 2.84 bits per heavy atom. The van der Waals surface area contributed by atoms with Crippen molar-refractivity contribution in [3.8, 4) is 5.75 Å². The second-order valence-corrected chi connectivity index (χ2v) is 5.18. The fourth-order valence-corrected chi connectivity index (χ4v) is 2.30. The van der Waals surface area contributed by atoms with Gasteiger partial charge in [0.15, 0.2) is 0 Å². The molecule has 1 aromatic rings. The van der Waals surface area contributed by atoms with Crippen LogP contribution in [0.3, 0.4) is 0 Å². The van der Waals surface area contributed by atoms with E-state index in [1.54, 1.807) is 6.07 Å². The van der Waals surface area contributed by atoms with Crippen molar-refractivity contribution in [2.24, 2.45) is 0 Å². The number of benzene rings is 1. The molecule has 0 aromatic heterocycles. The van der Waals surface area contributed by atoms with Crippen molar-refractivity contribution in [3.05, 3.63) is 40.7 Å². The summed E-state index contributed by atoms with van der Waals surface area (Å²) in [6.45, 7) is 2.48. The van der Waals surface area contributed by atoms with Crippen molar-refractivity contribution in [3.63, 3.8) is 0 Å². The zero-order chi connectivity index (χ0) is 13.8. The molecule has 1 heterocycles. The Hall–Kier alpha value is -1.19. The number of fused-ring (bicyclic) bond motifs is 1. The molecular formula is C14H15Cl2NO2. The highest BCUT2D eigenvalue weighted by molar-refractivity contribution is 6.30. The minimum atomic E-state index is -0.132. The number of hydrogen-bond donors (Lipinski definition) is 0. The number of hydrogen-bond acceptors (Lipinski definition) is 2. The van der Waals surface area contributed by atoms with Gasteiger partial charge in [-0.2, -0.15) is 0 Å². The summed E-state index contributed by atoms with van der Waals surface area (Å²) in [5, 5.41) is 0.299. The molecule has 1 amide bonds. The summed E-state index contributed by atoms with van der Waals surface area (Å²) in [4.78, 5) is 14.0. The number of amides is 1. The van der Waals surface area contributed by atoms with Crippen LogP contribution in [-0.4, -0.2) is 23.2 Å². The second kappa shape index (κ2) is 6.31. The van der Waals surface area contributed by atoms with Crippen LogP contribution in [0.2, 0.25) is 0 Å². The highest BCUT2D eigenvalue weighted by atomic mass is 35.5. The Morgan fingerprint density at radius 1 is 1.32 bits per heavy atom. The molecule has 19 heavy (non-hydrogen) atoms. The van der Waals surface area contributed by atoms with Gasteiger partial charge in [-0.05, 0) is 31.9 Å².